The van der Waals surface area contributed by atoms with E-state index in [1.807, 2.05) is 13.8 Å². The summed E-state index contributed by atoms with van der Waals surface area (Å²) in [5.74, 6) is 1.80. The smallest absolute Gasteiger partial charge is 0.233 e. The first-order valence-electron chi connectivity index (χ1n) is 7.69. The Balaban J connectivity index is 2.27. The van der Waals surface area contributed by atoms with Crippen molar-refractivity contribution in [2.45, 2.75) is 59.9 Å². The lowest BCUT2D eigenvalue weighted by Crippen LogP contribution is -2.37. The van der Waals surface area contributed by atoms with E-state index < -0.39 is 0 Å². The molecule has 4 atom stereocenters. The fourth-order valence-electron chi connectivity index (χ4n) is 3.86. The van der Waals surface area contributed by atoms with Crippen molar-refractivity contribution in [3.05, 3.63) is 0 Å². The molecule has 3 heteroatoms. The average molecular weight is 265 g/mol. The summed E-state index contributed by atoms with van der Waals surface area (Å²) < 4.78 is 0. The Bertz CT molecular complexity index is 375. The quantitative estimate of drug-likeness (QED) is 0.719. The highest BCUT2D eigenvalue weighted by Crippen LogP contribution is 2.43. The number of carbonyl (C=O) groups is 2. The number of fused-ring (bicyclic) bond motifs is 1. The Kier molecular flexibility index (Phi) is 4.03. The Morgan fingerprint density at radius 2 is 1.47 bits per heavy atom. The van der Waals surface area contributed by atoms with Gasteiger partial charge in [0.1, 0.15) is 0 Å². The molecule has 0 aromatic heterocycles. The van der Waals surface area contributed by atoms with Crippen LogP contribution in [0.4, 0.5) is 0 Å². The summed E-state index contributed by atoms with van der Waals surface area (Å²) in [6.07, 6.45) is 2.95. The minimum Gasteiger partial charge on any atom is -0.280 e. The fourth-order valence-corrected chi connectivity index (χ4v) is 3.86. The number of nitrogens with zero attached hydrogens (tertiary/aromatic N) is 1. The van der Waals surface area contributed by atoms with Gasteiger partial charge in [-0.1, -0.05) is 20.8 Å². The maximum absolute atomic E-state index is 12.5. The predicted octanol–water partition coefficient (Wildman–Crippen LogP) is 3.09. The highest BCUT2D eigenvalue weighted by atomic mass is 16.2. The lowest BCUT2D eigenvalue weighted by Gasteiger charge is -2.24. The molecule has 2 fully saturated rings. The number of likely N-dealkylation sites (tertiary alicyclic amines) is 1. The van der Waals surface area contributed by atoms with Crippen molar-refractivity contribution in [3.63, 3.8) is 0 Å². The predicted molar refractivity (Wildman–Crippen MR) is 75.3 cm³/mol. The monoisotopic (exact) mass is 265 g/mol. The van der Waals surface area contributed by atoms with E-state index in [0.29, 0.717) is 17.8 Å². The third-order valence-corrected chi connectivity index (χ3v) is 4.97. The van der Waals surface area contributed by atoms with E-state index in [1.165, 1.54) is 4.90 Å². The minimum absolute atomic E-state index is 0.000248. The lowest BCUT2D eigenvalue weighted by atomic mass is 9.83. The standard InChI is InChI=1S/C16H27NO2/c1-9(2)12-6-11(5)7-13-14(8-12)16(19)17(10(3)4)15(13)18/h9-14H,6-8H2,1-5H3. The van der Waals surface area contributed by atoms with Crippen LogP contribution in [0.1, 0.15) is 53.9 Å². The summed E-state index contributed by atoms with van der Waals surface area (Å²) in [5.41, 5.74) is 0. The summed E-state index contributed by atoms with van der Waals surface area (Å²) in [4.78, 5) is 26.5. The summed E-state index contributed by atoms with van der Waals surface area (Å²) in [5, 5.41) is 0. The third kappa shape index (κ3) is 2.56. The molecule has 19 heavy (non-hydrogen) atoms. The van der Waals surface area contributed by atoms with Crippen LogP contribution in [-0.4, -0.2) is 22.8 Å². The topological polar surface area (TPSA) is 37.4 Å². The molecule has 0 aromatic carbocycles. The minimum atomic E-state index is -0.0488. The molecular formula is C16H27NO2. The van der Waals surface area contributed by atoms with Gasteiger partial charge in [-0.3, -0.25) is 14.5 Å². The van der Waals surface area contributed by atoms with Crippen molar-refractivity contribution in [2.24, 2.45) is 29.6 Å². The number of amides is 2. The van der Waals surface area contributed by atoms with Gasteiger partial charge in [0, 0.05) is 6.04 Å². The molecule has 0 aromatic rings. The van der Waals surface area contributed by atoms with Crippen LogP contribution in [0.15, 0.2) is 0 Å². The Hall–Kier alpha value is -0.860. The second kappa shape index (κ2) is 5.26. The molecule has 0 radical (unpaired) electrons. The van der Waals surface area contributed by atoms with Crippen LogP contribution < -0.4 is 0 Å². The lowest BCUT2D eigenvalue weighted by molar-refractivity contribution is -0.142. The zero-order chi connectivity index (χ0) is 14.3. The molecule has 108 valence electrons. The fraction of sp³-hybridized carbons (Fsp3) is 0.875. The van der Waals surface area contributed by atoms with Gasteiger partial charge in [-0.05, 0) is 50.9 Å². The van der Waals surface area contributed by atoms with Gasteiger partial charge >= 0.3 is 0 Å². The second-order valence-electron chi connectivity index (χ2n) is 7.17. The van der Waals surface area contributed by atoms with Crippen molar-refractivity contribution >= 4 is 11.8 Å². The van der Waals surface area contributed by atoms with E-state index >= 15 is 0 Å². The van der Waals surface area contributed by atoms with E-state index in [9.17, 15) is 9.59 Å². The molecular weight excluding hydrogens is 238 g/mol. The van der Waals surface area contributed by atoms with E-state index in [1.54, 1.807) is 0 Å². The molecule has 1 aliphatic carbocycles. The van der Waals surface area contributed by atoms with Gasteiger partial charge in [0.05, 0.1) is 11.8 Å². The van der Waals surface area contributed by atoms with Crippen LogP contribution in [-0.2, 0) is 9.59 Å². The first-order valence-corrected chi connectivity index (χ1v) is 7.69. The second-order valence-corrected chi connectivity index (χ2v) is 7.17. The highest BCUT2D eigenvalue weighted by Gasteiger charge is 2.50. The molecule has 0 N–H and O–H groups in total. The van der Waals surface area contributed by atoms with E-state index in [0.717, 1.165) is 19.3 Å². The largest absolute Gasteiger partial charge is 0.280 e. The van der Waals surface area contributed by atoms with Gasteiger partial charge in [0.25, 0.3) is 0 Å². The molecule has 1 saturated carbocycles. The Morgan fingerprint density at radius 1 is 0.947 bits per heavy atom. The van der Waals surface area contributed by atoms with Gasteiger partial charge in [0.2, 0.25) is 11.8 Å². The molecule has 1 aliphatic heterocycles. The van der Waals surface area contributed by atoms with Crippen molar-refractivity contribution in [3.8, 4) is 0 Å². The summed E-state index contributed by atoms with van der Waals surface area (Å²) in [6.45, 7) is 10.6. The molecule has 2 aliphatic rings. The van der Waals surface area contributed by atoms with Crippen molar-refractivity contribution in [1.29, 1.82) is 0 Å². The van der Waals surface area contributed by atoms with Gasteiger partial charge in [-0.25, -0.2) is 0 Å². The van der Waals surface area contributed by atoms with Crippen LogP contribution in [0.2, 0.25) is 0 Å². The SMILES string of the molecule is CC1CC(C(C)C)CC2C(=O)N(C(C)C)C(=O)C2C1. The van der Waals surface area contributed by atoms with Crippen molar-refractivity contribution in [1.82, 2.24) is 4.90 Å². The molecule has 1 heterocycles. The van der Waals surface area contributed by atoms with Crippen molar-refractivity contribution < 1.29 is 9.59 Å². The summed E-state index contributed by atoms with van der Waals surface area (Å²) in [6, 6.07) is -0.000248. The summed E-state index contributed by atoms with van der Waals surface area (Å²) >= 11 is 0. The van der Waals surface area contributed by atoms with E-state index in [4.69, 9.17) is 0 Å². The van der Waals surface area contributed by atoms with Crippen LogP contribution in [0.5, 0.6) is 0 Å². The first kappa shape index (κ1) is 14.5. The summed E-state index contributed by atoms with van der Waals surface area (Å²) in [7, 11) is 0. The molecule has 3 nitrogen and oxygen atoms in total. The number of carbonyl (C=O) groups excluding carboxylic acids is 2. The van der Waals surface area contributed by atoms with Gasteiger partial charge in [-0.2, -0.15) is 0 Å². The first-order chi connectivity index (χ1) is 8.82. The van der Waals surface area contributed by atoms with Gasteiger partial charge in [-0.15, -0.1) is 0 Å². The molecule has 0 spiro atoms. The van der Waals surface area contributed by atoms with Crippen LogP contribution >= 0.6 is 0 Å². The molecule has 2 amide bonds. The zero-order valence-electron chi connectivity index (χ0n) is 12.8. The molecule has 0 bridgehead atoms. The number of imide groups is 1. The maximum Gasteiger partial charge on any atom is 0.233 e. The Labute approximate surface area is 116 Å². The normalized spacial score (nSPS) is 36.1. The molecule has 1 saturated heterocycles. The zero-order valence-corrected chi connectivity index (χ0v) is 12.8. The van der Waals surface area contributed by atoms with Crippen LogP contribution in [0.25, 0.3) is 0 Å². The van der Waals surface area contributed by atoms with Crippen molar-refractivity contribution in [2.75, 3.05) is 0 Å². The van der Waals surface area contributed by atoms with E-state index in [-0.39, 0.29) is 29.7 Å². The Morgan fingerprint density at radius 3 is 1.95 bits per heavy atom. The number of hydrogen-bond donors (Lipinski definition) is 0. The third-order valence-electron chi connectivity index (χ3n) is 4.97. The average Bonchev–Trinajstić information content (AvgIpc) is 2.47. The van der Waals surface area contributed by atoms with E-state index in [2.05, 4.69) is 20.8 Å². The van der Waals surface area contributed by atoms with Crippen LogP contribution in [0, 0.1) is 29.6 Å². The van der Waals surface area contributed by atoms with Crippen LogP contribution in [0.3, 0.4) is 0 Å². The molecule has 2 rings (SSSR count). The number of hydrogen-bond acceptors (Lipinski definition) is 2. The molecule has 4 unspecified atom stereocenters. The highest BCUT2D eigenvalue weighted by molar-refractivity contribution is 6.05. The van der Waals surface area contributed by atoms with Gasteiger partial charge in [0.15, 0.2) is 0 Å². The number of rotatable bonds is 2. The maximum atomic E-state index is 12.5. The van der Waals surface area contributed by atoms with Gasteiger partial charge < -0.3 is 0 Å².